The molecule has 0 spiro atoms. The number of hydrogen-bond acceptors (Lipinski definition) is 0. The molecule has 0 radical (unpaired) electrons. The van der Waals surface area contributed by atoms with Gasteiger partial charge in [0, 0.05) is 0 Å². The van der Waals surface area contributed by atoms with Crippen molar-refractivity contribution in [2.45, 2.75) is 53.9 Å². The van der Waals surface area contributed by atoms with Gasteiger partial charge in [-0.05, 0) is 30.8 Å². The Balaban J connectivity index is 0. The Bertz CT molecular complexity index is 196. The third-order valence-electron chi connectivity index (χ3n) is 2.28. The molecule has 0 aliphatic heterocycles. The summed E-state index contributed by atoms with van der Waals surface area (Å²) in [6.07, 6.45) is 7.61. The molecule has 0 aromatic carbocycles. The minimum atomic E-state index is 0.826. The van der Waals surface area contributed by atoms with Gasteiger partial charge in [0.05, 0.1) is 0 Å². The Kier molecular flexibility index (Phi) is 12.5. The quantitative estimate of drug-likeness (QED) is 0.531. The first-order chi connectivity index (χ1) is 7.24. The van der Waals surface area contributed by atoms with Crippen LogP contribution in [0.25, 0.3) is 0 Å². The highest BCUT2D eigenvalue weighted by Gasteiger charge is 2.14. The summed E-state index contributed by atoms with van der Waals surface area (Å²) in [5.74, 6) is 0.826. The predicted octanol–water partition coefficient (Wildman–Crippen LogP) is 5.53. The van der Waals surface area contributed by atoms with E-state index < -0.39 is 0 Å². The second-order valence-electron chi connectivity index (χ2n) is 3.38. The lowest BCUT2D eigenvalue weighted by Gasteiger charge is -2.22. The molecule has 0 nitrogen and oxygen atoms in total. The minimum absolute atomic E-state index is 0.826. The molecule has 1 atom stereocenters. The van der Waals surface area contributed by atoms with E-state index in [9.17, 15) is 0 Å². The fourth-order valence-corrected chi connectivity index (χ4v) is 1.53. The van der Waals surface area contributed by atoms with Crippen LogP contribution in [0, 0.1) is 5.92 Å². The van der Waals surface area contributed by atoms with Gasteiger partial charge < -0.3 is 0 Å². The standard InChI is InChI=1S/C11H16.2C2H6/c1-4-5-11-8-9(2)6-7-10(11)3;2*1-2/h4-5,9H,1,3,6-8H2,2H3;2*1-2H3/b11-5-;;. The van der Waals surface area contributed by atoms with Gasteiger partial charge in [-0.25, -0.2) is 0 Å². The van der Waals surface area contributed by atoms with E-state index in [1.54, 1.807) is 0 Å². The van der Waals surface area contributed by atoms with Crippen LogP contribution in [0.15, 0.2) is 36.5 Å². The predicted molar refractivity (Wildman–Crippen MR) is 73.1 cm³/mol. The summed E-state index contributed by atoms with van der Waals surface area (Å²) in [5.41, 5.74) is 2.71. The first kappa shape index (κ1) is 16.6. The fourth-order valence-electron chi connectivity index (χ4n) is 1.53. The summed E-state index contributed by atoms with van der Waals surface area (Å²) in [6.45, 7) is 18.0. The van der Waals surface area contributed by atoms with Crippen molar-refractivity contribution in [3.05, 3.63) is 36.5 Å². The molecule has 1 fully saturated rings. The van der Waals surface area contributed by atoms with Crippen LogP contribution < -0.4 is 0 Å². The second-order valence-corrected chi connectivity index (χ2v) is 3.38. The lowest BCUT2D eigenvalue weighted by atomic mass is 9.83. The van der Waals surface area contributed by atoms with Crippen molar-refractivity contribution in [2.24, 2.45) is 5.92 Å². The molecule has 1 aliphatic carbocycles. The first-order valence-corrected chi connectivity index (χ1v) is 6.23. The van der Waals surface area contributed by atoms with E-state index in [1.165, 1.54) is 30.4 Å². The average Bonchev–Trinajstić information content (AvgIpc) is 2.29. The molecule has 0 bridgehead atoms. The monoisotopic (exact) mass is 208 g/mol. The SMILES string of the molecule is C=C/C=C1/CC(C)CCC1=C.CC.CC. The zero-order valence-electron chi connectivity index (χ0n) is 11.3. The van der Waals surface area contributed by atoms with E-state index in [0.29, 0.717) is 0 Å². The molecule has 88 valence electrons. The number of rotatable bonds is 1. The van der Waals surface area contributed by atoms with Crippen LogP contribution in [0.5, 0.6) is 0 Å². The lowest BCUT2D eigenvalue weighted by Crippen LogP contribution is -2.06. The topological polar surface area (TPSA) is 0 Å². The lowest BCUT2D eigenvalue weighted by molar-refractivity contribution is 0.498. The third-order valence-corrected chi connectivity index (χ3v) is 2.28. The Morgan fingerprint density at radius 3 is 2.20 bits per heavy atom. The Morgan fingerprint density at radius 2 is 1.73 bits per heavy atom. The molecule has 0 amide bonds. The number of allylic oxidation sites excluding steroid dienone is 4. The molecular formula is C15H28. The molecule has 0 N–H and O–H groups in total. The largest absolute Gasteiger partial charge is 0.0991 e. The zero-order valence-corrected chi connectivity index (χ0v) is 11.3. The number of hydrogen-bond donors (Lipinski definition) is 0. The highest BCUT2D eigenvalue weighted by Crippen LogP contribution is 2.31. The maximum absolute atomic E-state index is 4.03. The average molecular weight is 208 g/mol. The summed E-state index contributed by atoms with van der Waals surface area (Å²) in [4.78, 5) is 0. The highest BCUT2D eigenvalue weighted by molar-refractivity contribution is 5.33. The summed E-state index contributed by atoms with van der Waals surface area (Å²) < 4.78 is 0. The van der Waals surface area contributed by atoms with Gasteiger partial charge in [0.15, 0.2) is 0 Å². The Labute approximate surface area is 96.8 Å². The van der Waals surface area contributed by atoms with Gasteiger partial charge in [0.25, 0.3) is 0 Å². The van der Waals surface area contributed by atoms with Crippen molar-refractivity contribution < 1.29 is 0 Å². The summed E-state index contributed by atoms with van der Waals surface area (Å²) in [6, 6.07) is 0. The molecule has 0 saturated heterocycles. The summed E-state index contributed by atoms with van der Waals surface area (Å²) >= 11 is 0. The molecule has 1 unspecified atom stereocenters. The first-order valence-electron chi connectivity index (χ1n) is 6.23. The molecular weight excluding hydrogens is 180 g/mol. The smallest absolute Gasteiger partial charge is 0.0250 e. The fraction of sp³-hybridized carbons (Fsp3) is 0.600. The molecule has 1 rings (SSSR count). The minimum Gasteiger partial charge on any atom is -0.0991 e. The van der Waals surface area contributed by atoms with Crippen molar-refractivity contribution in [3.63, 3.8) is 0 Å². The molecule has 0 aromatic rings. The van der Waals surface area contributed by atoms with E-state index in [4.69, 9.17) is 0 Å². The molecule has 1 saturated carbocycles. The van der Waals surface area contributed by atoms with Gasteiger partial charge in [0.2, 0.25) is 0 Å². The normalized spacial score (nSPS) is 22.1. The molecule has 0 heterocycles. The van der Waals surface area contributed by atoms with Gasteiger partial charge >= 0.3 is 0 Å². The van der Waals surface area contributed by atoms with E-state index >= 15 is 0 Å². The van der Waals surface area contributed by atoms with Crippen LogP contribution in [-0.4, -0.2) is 0 Å². The van der Waals surface area contributed by atoms with Crippen molar-refractivity contribution in [2.75, 3.05) is 0 Å². The van der Waals surface area contributed by atoms with Crippen LogP contribution in [-0.2, 0) is 0 Å². The van der Waals surface area contributed by atoms with E-state index in [-0.39, 0.29) is 0 Å². The van der Waals surface area contributed by atoms with Crippen LogP contribution in [0.2, 0.25) is 0 Å². The van der Waals surface area contributed by atoms with Crippen LogP contribution >= 0.6 is 0 Å². The second kappa shape index (κ2) is 11.3. The summed E-state index contributed by atoms with van der Waals surface area (Å²) in [7, 11) is 0. The van der Waals surface area contributed by atoms with Crippen LogP contribution in [0.1, 0.15) is 53.9 Å². The maximum Gasteiger partial charge on any atom is -0.0250 e. The molecule has 1 aliphatic rings. The Morgan fingerprint density at radius 1 is 1.20 bits per heavy atom. The van der Waals surface area contributed by atoms with Gasteiger partial charge in [-0.2, -0.15) is 0 Å². The van der Waals surface area contributed by atoms with Crippen LogP contribution in [0.3, 0.4) is 0 Å². The van der Waals surface area contributed by atoms with Crippen molar-refractivity contribution in [3.8, 4) is 0 Å². The van der Waals surface area contributed by atoms with Crippen molar-refractivity contribution >= 4 is 0 Å². The molecule has 0 aromatic heterocycles. The molecule has 15 heavy (non-hydrogen) atoms. The van der Waals surface area contributed by atoms with Crippen molar-refractivity contribution in [1.29, 1.82) is 0 Å². The van der Waals surface area contributed by atoms with Crippen molar-refractivity contribution in [1.82, 2.24) is 0 Å². The van der Waals surface area contributed by atoms with Gasteiger partial charge in [0.1, 0.15) is 0 Å². The van der Waals surface area contributed by atoms with E-state index in [0.717, 1.165) is 5.92 Å². The zero-order chi connectivity index (χ0) is 12.3. The summed E-state index contributed by atoms with van der Waals surface area (Å²) in [5, 5.41) is 0. The van der Waals surface area contributed by atoms with Gasteiger partial charge in [-0.15, -0.1) is 0 Å². The molecule has 0 heteroatoms. The third kappa shape index (κ3) is 7.18. The van der Waals surface area contributed by atoms with E-state index in [2.05, 4.69) is 26.2 Å². The maximum atomic E-state index is 4.03. The van der Waals surface area contributed by atoms with Gasteiger partial charge in [-0.1, -0.05) is 65.5 Å². The van der Waals surface area contributed by atoms with Crippen LogP contribution in [0.4, 0.5) is 0 Å². The van der Waals surface area contributed by atoms with Gasteiger partial charge in [-0.3, -0.25) is 0 Å². The Hall–Kier alpha value is -0.780. The highest BCUT2D eigenvalue weighted by atomic mass is 14.2. The van der Waals surface area contributed by atoms with E-state index in [1.807, 2.05) is 33.8 Å².